The third kappa shape index (κ3) is 2.79. The van der Waals surface area contributed by atoms with Crippen molar-refractivity contribution in [3.63, 3.8) is 0 Å². The lowest BCUT2D eigenvalue weighted by atomic mass is 9.95. The molecule has 1 saturated carbocycles. The Balaban J connectivity index is 1.75. The van der Waals surface area contributed by atoms with Gasteiger partial charge in [0.05, 0.1) is 7.11 Å². The van der Waals surface area contributed by atoms with Crippen LogP contribution in [0.2, 0.25) is 0 Å². The van der Waals surface area contributed by atoms with E-state index in [4.69, 9.17) is 4.74 Å². The highest BCUT2D eigenvalue weighted by Crippen LogP contribution is 2.31. The summed E-state index contributed by atoms with van der Waals surface area (Å²) < 4.78 is 7.46. The standard InChI is InChI=1S/C16H21N3O/c1-20-15-9-7-13(8-10-15)18-16-17-11-12-19(16)14-5-3-2-4-6-14/h7-12,14H,2-6H2,1H3,(H,17,18). The van der Waals surface area contributed by atoms with E-state index in [-0.39, 0.29) is 0 Å². The van der Waals surface area contributed by atoms with Gasteiger partial charge in [-0.25, -0.2) is 4.98 Å². The number of ether oxygens (including phenoxy) is 1. The van der Waals surface area contributed by atoms with Gasteiger partial charge < -0.3 is 14.6 Å². The van der Waals surface area contributed by atoms with Gasteiger partial charge >= 0.3 is 0 Å². The summed E-state index contributed by atoms with van der Waals surface area (Å²) in [4.78, 5) is 4.45. The van der Waals surface area contributed by atoms with Crippen LogP contribution in [0.25, 0.3) is 0 Å². The van der Waals surface area contributed by atoms with Crippen molar-refractivity contribution >= 4 is 11.6 Å². The van der Waals surface area contributed by atoms with Crippen LogP contribution < -0.4 is 10.1 Å². The molecule has 0 radical (unpaired) electrons. The fraction of sp³-hybridized carbons (Fsp3) is 0.438. The lowest BCUT2D eigenvalue weighted by Gasteiger charge is -2.24. The van der Waals surface area contributed by atoms with E-state index in [1.165, 1.54) is 32.1 Å². The molecule has 1 aliphatic rings. The van der Waals surface area contributed by atoms with Gasteiger partial charge in [0.15, 0.2) is 0 Å². The van der Waals surface area contributed by atoms with Gasteiger partial charge in [-0.2, -0.15) is 0 Å². The molecule has 4 nitrogen and oxygen atoms in total. The van der Waals surface area contributed by atoms with Crippen LogP contribution in [0.1, 0.15) is 38.1 Å². The summed E-state index contributed by atoms with van der Waals surface area (Å²) in [6.07, 6.45) is 10.5. The van der Waals surface area contributed by atoms with E-state index >= 15 is 0 Å². The van der Waals surface area contributed by atoms with Crippen LogP contribution >= 0.6 is 0 Å². The van der Waals surface area contributed by atoms with Crippen LogP contribution in [0.5, 0.6) is 5.75 Å². The van der Waals surface area contributed by atoms with E-state index in [0.29, 0.717) is 6.04 Å². The molecule has 2 aromatic rings. The van der Waals surface area contributed by atoms with Gasteiger partial charge in [0.25, 0.3) is 0 Å². The van der Waals surface area contributed by atoms with E-state index in [1.54, 1.807) is 7.11 Å². The van der Waals surface area contributed by atoms with Crippen molar-refractivity contribution in [1.82, 2.24) is 9.55 Å². The van der Waals surface area contributed by atoms with Gasteiger partial charge in [0.2, 0.25) is 5.95 Å². The van der Waals surface area contributed by atoms with Crippen molar-refractivity contribution in [3.8, 4) is 5.75 Å². The second kappa shape index (κ2) is 5.99. The molecule has 0 spiro atoms. The first kappa shape index (κ1) is 13.0. The van der Waals surface area contributed by atoms with Crippen molar-refractivity contribution in [2.75, 3.05) is 12.4 Å². The van der Waals surface area contributed by atoms with Gasteiger partial charge in [-0.15, -0.1) is 0 Å². The molecular formula is C16H21N3O. The van der Waals surface area contributed by atoms with Gasteiger partial charge in [0.1, 0.15) is 5.75 Å². The molecule has 0 atom stereocenters. The van der Waals surface area contributed by atoms with Gasteiger partial charge in [-0.1, -0.05) is 19.3 Å². The van der Waals surface area contributed by atoms with E-state index in [9.17, 15) is 0 Å². The molecule has 3 rings (SSSR count). The maximum atomic E-state index is 5.17. The Morgan fingerprint density at radius 2 is 1.90 bits per heavy atom. The largest absolute Gasteiger partial charge is 0.497 e. The average Bonchev–Trinajstić information content (AvgIpc) is 2.97. The van der Waals surface area contributed by atoms with Crippen LogP contribution in [0.15, 0.2) is 36.7 Å². The van der Waals surface area contributed by atoms with E-state index in [2.05, 4.69) is 21.1 Å². The van der Waals surface area contributed by atoms with E-state index < -0.39 is 0 Å². The monoisotopic (exact) mass is 271 g/mol. The molecule has 1 aromatic carbocycles. The minimum absolute atomic E-state index is 0.590. The molecule has 1 aliphatic carbocycles. The van der Waals surface area contributed by atoms with Gasteiger partial charge in [-0.05, 0) is 37.1 Å². The van der Waals surface area contributed by atoms with E-state index in [0.717, 1.165) is 17.4 Å². The van der Waals surface area contributed by atoms with Crippen LogP contribution in [0.3, 0.4) is 0 Å². The predicted molar refractivity (Wildman–Crippen MR) is 80.6 cm³/mol. The van der Waals surface area contributed by atoms with Crippen molar-refractivity contribution in [3.05, 3.63) is 36.7 Å². The number of aromatic nitrogens is 2. The van der Waals surface area contributed by atoms with Crippen LogP contribution in [0.4, 0.5) is 11.6 Å². The first-order chi connectivity index (χ1) is 9.86. The molecule has 1 heterocycles. The molecule has 20 heavy (non-hydrogen) atoms. The van der Waals surface area contributed by atoms with Crippen molar-refractivity contribution < 1.29 is 4.74 Å². The molecule has 106 valence electrons. The predicted octanol–water partition coefficient (Wildman–Crippen LogP) is 4.14. The Kier molecular flexibility index (Phi) is 3.90. The third-order valence-electron chi connectivity index (χ3n) is 3.98. The van der Waals surface area contributed by atoms with Crippen LogP contribution in [-0.4, -0.2) is 16.7 Å². The molecule has 1 aromatic heterocycles. The number of nitrogens with one attached hydrogen (secondary N) is 1. The van der Waals surface area contributed by atoms with Crippen LogP contribution in [-0.2, 0) is 0 Å². The summed E-state index contributed by atoms with van der Waals surface area (Å²) in [7, 11) is 1.68. The van der Waals surface area contributed by atoms with Crippen molar-refractivity contribution in [2.45, 2.75) is 38.1 Å². The molecule has 0 unspecified atom stereocenters. The molecule has 0 saturated heterocycles. The lowest BCUT2D eigenvalue weighted by molar-refractivity contribution is 0.356. The molecule has 0 aliphatic heterocycles. The number of hydrogen-bond donors (Lipinski definition) is 1. The highest BCUT2D eigenvalue weighted by Gasteiger charge is 2.17. The van der Waals surface area contributed by atoms with Crippen molar-refractivity contribution in [2.24, 2.45) is 0 Å². The fourth-order valence-electron chi connectivity index (χ4n) is 2.87. The maximum absolute atomic E-state index is 5.17. The van der Waals surface area contributed by atoms with Gasteiger partial charge in [0, 0.05) is 24.1 Å². The van der Waals surface area contributed by atoms with E-state index in [1.807, 2.05) is 30.5 Å². The normalized spacial score (nSPS) is 16.1. The zero-order valence-corrected chi connectivity index (χ0v) is 11.9. The summed E-state index contributed by atoms with van der Waals surface area (Å²) in [6, 6.07) is 8.52. The molecule has 1 N–H and O–H groups in total. The zero-order chi connectivity index (χ0) is 13.8. The zero-order valence-electron chi connectivity index (χ0n) is 11.9. The summed E-state index contributed by atoms with van der Waals surface area (Å²) in [5, 5.41) is 3.40. The number of anilines is 2. The first-order valence-electron chi connectivity index (χ1n) is 7.31. The quantitative estimate of drug-likeness (QED) is 0.908. The number of benzene rings is 1. The smallest absolute Gasteiger partial charge is 0.207 e. The number of nitrogens with zero attached hydrogens (tertiary/aromatic N) is 2. The maximum Gasteiger partial charge on any atom is 0.207 e. The molecular weight excluding hydrogens is 250 g/mol. The van der Waals surface area contributed by atoms with Crippen molar-refractivity contribution in [1.29, 1.82) is 0 Å². The fourth-order valence-corrected chi connectivity index (χ4v) is 2.87. The SMILES string of the molecule is COc1ccc(Nc2nccn2C2CCCCC2)cc1. The second-order valence-corrected chi connectivity index (χ2v) is 5.30. The Hall–Kier alpha value is -1.97. The number of methoxy groups -OCH3 is 1. The summed E-state index contributed by atoms with van der Waals surface area (Å²) in [5.41, 5.74) is 1.04. The number of hydrogen-bond acceptors (Lipinski definition) is 3. The average molecular weight is 271 g/mol. The van der Waals surface area contributed by atoms with Crippen LogP contribution in [0, 0.1) is 0 Å². The first-order valence-corrected chi connectivity index (χ1v) is 7.31. The lowest BCUT2D eigenvalue weighted by Crippen LogP contribution is -2.14. The molecule has 1 fully saturated rings. The van der Waals surface area contributed by atoms with Gasteiger partial charge in [-0.3, -0.25) is 0 Å². The summed E-state index contributed by atoms with van der Waals surface area (Å²) in [5.74, 6) is 1.80. The number of imidazole rings is 1. The molecule has 0 bridgehead atoms. The number of rotatable bonds is 4. The minimum Gasteiger partial charge on any atom is -0.497 e. The Morgan fingerprint density at radius 1 is 1.15 bits per heavy atom. The second-order valence-electron chi connectivity index (χ2n) is 5.30. The minimum atomic E-state index is 0.590. The third-order valence-corrected chi connectivity index (χ3v) is 3.98. The Labute approximate surface area is 119 Å². The highest BCUT2D eigenvalue weighted by atomic mass is 16.5. The topological polar surface area (TPSA) is 39.1 Å². The Bertz CT molecular complexity index is 541. The molecule has 4 heteroatoms. The summed E-state index contributed by atoms with van der Waals surface area (Å²) >= 11 is 0. The highest BCUT2D eigenvalue weighted by molar-refractivity contribution is 5.55. The Morgan fingerprint density at radius 3 is 2.60 bits per heavy atom. The summed E-state index contributed by atoms with van der Waals surface area (Å²) in [6.45, 7) is 0. The molecule has 0 amide bonds.